The molecule has 1 unspecified atom stereocenters. The Kier molecular flexibility index (Phi) is 12.6. The first kappa shape index (κ1) is 21.0. The highest BCUT2D eigenvalue weighted by Crippen LogP contribution is 2.20. The van der Waals surface area contributed by atoms with Gasteiger partial charge in [0.1, 0.15) is 0 Å². The molecule has 0 radical (unpaired) electrons. The van der Waals surface area contributed by atoms with Crippen LogP contribution in [0.3, 0.4) is 0 Å². The fourth-order valence-corrected chi connectivity index (χ4v) is 3.43. The van der Waals surface area contributed by atoms with Crippen molar-refractivity contribution in [3.8, 4) is 0 Å². The average Bonchev–Trinajstić information content (AvgIpc) is 2.62. The molecule has 1 aromatic rings. The minimum atomic E-state index is 0.478. The van der Waals surface area contributed by atoms with Crippen LogP contribution < -0.4 is 10.9 Å². The second-order valence-electron chi connectivity index (χ2n) is 7.16. The van der Waals surface area contributed by atoms with E-state index in [1.54, 1.807) is 0 Å². The van der Waals surface area contributed by atoms with Gasteiger partial charge in [-0.2, -0.15) is 0 Å². The molecular formula is C22H40N2. The van der Waals surface area contributed by atoms with Crippen molar-refractivity contribution < 1.29 is 0 Å². The summed E-state index contributed by atoms with van der Waals surface area (Å²) in [7, 11) is 0. The van der Waals surface area contributed by atoms with E-state index in [1.165, 1.54) is 83.5 Å². The maximum absolute atomic E-state index is 6.38. The Balaban J connectivity index is 2.13. The van der Waals surface area contributed by atoms with Gasteiger partial charge in [-0.15, -0.1) is 0 Å². The van der Waals surface area contributed by atoms with Crippen LogP contribution in [0.1, 0.15) is 97.3 Å². The van der Waals surface area contributed by atoms with Crippen LogP contribution in [-0.2, 0) is 0 Å². The summed E-state index contributed by atoms with van der Waals surface area (Å²) < 4.78 is 0. The van der Waals surface area contributed by atoms with Crippen LogP contribution in [0.25, 0.3) is 0 Å². The van der Waals surface area contributed by atoms with Crippen LogP contribution in [-0.4, -0.2) is 6.04 Å². The van der Waals surface area contributed by atoms with Crippen molar-refractivity contribution in [3.63, 3.8) is 0 Å². The summed E-state index contributed by atoms with van der Waals surface area (Å²) in [5, 5.41) is 2.00. The summed E-state index contributed by atoms with van der Waals surface area (Å²) in [4.78, 5) is 0. The van der Waals surface area contributed by atoms with Gasteiger partial charge in [-0.25, -0.2) is 5.84 Å². The van der Waals surface area contributed by atoms with Crippen LogP contribution in [0.4, 0.5) is 5.69 Å². The quantitative estimate of drug-likeness (QED) is 0.216. The van der Waals surface area contributed by atoms with Crippen LogP contribution in [0.5, 0.6) is 0 Å². The number of nitrogens with zero attached hydrogens (tertiary/aromatic N) is 1. The van der Waals surface area contributed by atoms with Crippen molar-refractivity contribution >= 4 is 5.69 Å². The molecule has 0 aliphatic rings. The van der Waals surface area contributed by atoms with E-state index in [9.17, 15) is 0 Å². The van der Waals surface area contributed by atoms with Gasteiger partial charge in [-0.1, -0.05) is 103 Å². The zero-order valence-corrected chi connectivity index (χ0v) is 16.2. The summed E-state index contributed by atoms with van der Waals surface area (Å²) in [6.45, 7) is 4.54. The molecule has 0 amide bonds. The van der Waals surface area contributed by atoms with Crippen LogP contribution in [0, 0.1) is 0 Å². The largest absolute Gasteiger partial charge is 0.308 e. The van der Waals surface area contributed by atoms with Gasteiger partial charge in [-0.05, 0) is 25.0 Å². The highest BCUT2D eigenvalue weighted by atomic mass is 15.4. The summed E-state index contributed by atoms with van der Waals surface area (Å²) in [6, 6.07) is 10.9. The van der Waals surface area contributed by atoms with Crippen LogP contribution in [0.15, 0.2) is 30.3 Å². The van der Waals surface area contributed by atoms with Gasteiger partial charge in [0.15, 0.2) is 0 Å². The first-order chi connectivity index (χ1) is 11.8. The van der Waals surface area contributed by atoms with E-state index in [-0.39, 0.29) is 0 Å². The lowest BCUT2D eigenvalue weighted by molar-refractivity contribution is 0.477. The minimum Gasteiger partial charge on any atom is -0.308 e. The number of hydrazine groups is 1. The Morgan fingerprint density at radius 3 is 1.79 bits per heavy atom. The molecule has 0 aliphatic carbocycles. The molecule has 138 valence electrons. The molecule has 0 spiro atoms. The fraction of sp³-hybridized carbons (Fsp3) is 0.727. The van der Waals surface area contributed by atoms with Crippen molar-refractivity contribution in [1.82, 2.24) is 0 Å². The second-order valence-corrected chi connectivity index (χ2v) is 7.16. The molecule has 0 aliphatic heterocycles. The Hall–Kier alpha value is -1.02. The second kappa shape index (κ2) is 14.3. The molecule has 0 aromatic heterocycles. The molecule has 1 rings (SSSR count). The number of para-hydroxylation sites is 1. The van der Waals surface area contributed by atoms with Crippen molar-refractivity contribution in [2.45, 2.75) is 103 Å². The number of nitrogens with two attached hydrogens (primary N) is 1. The standard InChI is InChI=1S/C22H40N2/c1-3-5-6-7-8-9-10-11-12-14-18-21(17-4-2)24(23)22-19-15-13-16-20-22/h13,15-16,19-21H,3-12,14,17-18,23H2,1-2H3. The number of unbranched alkanes of at least 4 members (excludes halogenated alkanes) is 9. The molecule has 0 bridgehead atoms. The lowest BCUT2D eigenvalue weighted by Crippen LogP contribution is -2.41. The van der Waals surface area contributed by atoms with E-state index in [4.69, 9.17) is 5.84 Å². The van der Waals surface area contributed by atoms with Gasteiger partial charge < -0.3 is 5.01 Å². The zero-order chi connectivity index (χ0) is 17.5. The van der Waals surface area contributed by atoms with Crippen molar-refractivity contribution in [3.05, 3.63) is 30.3 Å². The molecule has 2 heteroatoms. The van der Waals surface area contributed by atoms with E-state index in [0.717, 1.165) is 5.69 Å². The highest BCUT2D eigenvalue weighted by Gasteiger charge is 2.14. The maximum atomic E-state index is 6.38. The number of anilines is 1. The Morgan fingerprint density at radius 1 is 0.708 bits per heavy atom. The summed E-state index contributed by atoms with van der Waals surface area (Å²) in [5.41, 5.74) is 1.14. The molecule has 1 atom stereocenters. The SMILES string of the molecule is CCCCCCCCCCCCC(CCC)N(N)c1ccccc1. The number of hydrogen-bond acceptors (Lipinski definition) is 2. The minimum absolute atomic E-state index is 0.478. The van der Waals surface area contributed by atoms with E-state index >= 15 is 0 Å². The number of rotatable bonds is 15. The lowest BCUT2D eigenvalue weighted by atomic mass is 10.0. The van der Waals surface area contributed by atoms with Gasteiger partial charge in [-0.3, -0.25) is 0 Å². The van der Waals surface area contributed by atoms with Gasteiger partial charge in [0.05, 0.1) is 5.69 Å². The Labute approximate surface area is 150 Å². The molecule has 0 saturated heterocycles. The molecule has 2 nitrogen and oxygen atoms in total. The third-order valence-electron chi connectivity index (χ3n) is 4.96. The van der Waals surface area contributed by atoms with Gasteiger partial charge >= 0.3 is 0 Å². The molecule has 0 fully saturated rings. The first-order valence-electron chi connectivity index (χ1n) is 10.4. The van der Waals surface area contributed by atoms with Gasteiger partial charge in [0.2, 0.25) is 0 Å². The molecule has 1 aromatic carbocycles. The van der Waals surface area contributed by atoms with Crippen LogP contribution >= 0.6 is 0 Å². The number of benzene rings is 1. The predicted octanol–water partition coefficient (Wildman–Crippen LogP) is 6.85. The first-order valence-corrected chi connectivity index (χ1v) is 10.4. The maximum Gasteiger partial charge on any atom is 0.0520 e. The van der Waals surface area contributed by atoms with Crippen molar-refractivity contribution in [2.75, 3.05) is 5.01 Å². The monoisotopic (exact) mass is 332 g/mol. The van der Waals surface area contributed by atoms with Gasteiger partial charge in [0, 0.05) is 6.04 Å². The van der Waals surface area contributed by atoms with Crippen molar-refractivity contribution in [1.29, 1.82) is 0 Å². The molecular weight excluding hydrogens is 292 g/mol. The van der Waals surface area contributed by atoms with Crippen molar-refractivity contribution in [2.24, 2.45) is 5.84 Å². The molecule has 2 N–H and O–H groups in total. The van der Waals surface area contributed by atoms with E-state index in [0.29, 0.717) is 6.04 Å². The normalized spacial score (nSPS) is 12.3. The molecule has 0 heterocycles. The molecule has 0 saturated carbocycles. The topological polar surface area (TPSA) is 29.3 Å². The Bertz CT molecular complexity index is 377. The van der Waals surface area contributed by atoms with E-state index in [2.05, 4.69) is 44.2 Å². The molecule has 24 heavy (non-hydrogen) atoms. The third-order valence-corrected chi connectivity index (χ3v) is 4.96. The lowest BCUT2D eigenvalue weighted by Gasteiger charge is -2.29. The third kappa shape index (κ3) is 9.32. The summed E-state index contributed by atoms with van der Waals surface area (Å²) in [5.74, 6) is 6.38. The van der Waals surface area contributed by atoms with Crippen LogP contribution in [0.2, 0.25) is 0 Å². The van der Waals surface area contributed by atoms with Gasteiger partial charge in [0.25, 0.3) is 0 Å². The predicted molar refractivity (Wildman–Crippen MR) is 108 cm³/mol. The fourth-order valence-electron chi connectivity index (χ4n) is 3.43. The average molecular weight is 333 g/mol. The highest BCUT2D eigenvalue weighted by molar-refractivity contribution is 5.45. The zero-order valence-electron chi connectivity index (χ0n) is 16.2. The van der Waals surface area contributed by atoms with E-state index < -0.39 is 0 Å². The number of hydrogen-bond donors (Lipinski definition) is 1. The van der Waals surface area contributed by atoms with E-state index in [1.807, 2.05) is 5.01 Å². The summed E-state index contributed by atoms with van der Waals surface area (Å²) >= 11 is 0. The smallest absolute Gasteiger partial charge is 0.0520 e. The summed E-state index contributed by atoms with van der Waals surface area (Å²) in [6.07, 6.45) is 17.6. The Morgan fingerprint density at radius 2 is 1.25 bits per heavy atom.